The van der Waals surface area contributed by atoms with E-state index >= 15 is 0 Å². The van der Waals surface area contributed by atoms with Crippen LogP contribution >= 0.6 is 0 Å². The van der Waals surface area contributed by atoms with Gasteiger partial charge in [-0.05, 0) is 37.8 Å². The fraction of sp³-hybridized carbons (Fsp3) is 0.538. The van der Waals surface area contributed by atoms with E-state index in [1.807, 2.05) is 18.2 Å². The molecule has 1 aromatic rings. The van der Waals surface area contributed by atoms with Gasteiger partial charge in [-0.3, -0.25) is 4.79 Å². The van der Waals surface area contributed by atoms with E-state index in [1.165, 1.54) is 7.11 Å². The van der Waals surface area contributed by atoms with Crippen molar-refractivity contribution >= 4 is 11.8 Å². The second-order valence-electron chi connectivity index (χ2n) is 4.43. The molecule has 0 aliphatic heterocycles. The average Bonchev–Trinajstić information content (AvgIpc) is 2.40. The Balaban J connectivity index is 1.82. The minimum Gasteiger partial charge on any atom is -0.469 e. The van der Waals surface area contributed by atoms with Crippen LogP contribution in [0, 0.1) is 5.92 Å². The molecule has 17 heavy (non-hydrogen) atoms. The van der Waals surface area contributed by atoms with Crippen molar-refractivity contribution in [3.63, 3.8) is 0 Å². The van der Waals surface area contributed by atoms with Crippen molar-refractivity contribution < 1.29 is 9.53 Å². The van der Waals surface area contributed by atoms with E-state index in [4.69, 9.17) is 4.74 Å². The first-order valence-electron chi connectivity index (χ1n) is 6.05. The number of pyridine rings is 1. The molecule has 1 fully saturated rings. The minimum atomic E-state index is -0.0683. The van der Waals surface area contributed by atoms with Crippen LogP contribution in [0.4, 0.5) is 5.82 Å². The topological polar surface area (TPSA) is 51.2 Å². The van der Waals surface area contributed by atoms with Gasteiger partial charge in [0.2, 0.25) is 0 Å². The van der Waals surface area contributed by atoms with Gasteiger partial charge in [0.25, 0.3) is 0 Å². The molecule has 4 heteroatoms. The summed E-state index contributed by atoms with van der Waals surface area (Å²) in [4.78, 5) is 15.6. The fourth-order valence-electron chi connectivity index (χ4n) is 2.30. The number of aromatic nitrogens is 1. The number of nitrogens with zero attached hydrogens (tertiary/aromatic N) is 1. The SMILES string of the molecule is COC(=O)C1CCC(Nc2ccccn2)CC1. The van der Waals surface area contributed by atoms with Gasteiger partial charge < -0.3 is 10.1 Å². The Morgan fingerprint density at radius 2 is 2.12 bits per heavy atom. The number of rotatable bonds is 3. The summed E-state index contributed by atoms with van der Waals surface area (Å²) in [7, 11) is 1.46. The van der Waals surface area contributed by atoms with Gasteiger partial charge >= 0.3 is 5.97 Å². The Morgan fingerprint density at radius 3 is 2.71 bits per heavy atom. The highest BCUT2D eigenvalue weighted by molar-refractivity contribution is 5.72. The summed E-state index contributed by atoms with van der Waals surface area (Å²) < 4.78 is 4.77. The first-order chi connectivity index (χ1) is 8.29. The van der Waals surface area contributed by atoms with Crippen molar-refractivity contribution in [2.45, 2.75) is 31.7 Å². The predicted molar refractivity (Wildman–Crippen MR) is 65.6 cm³/mol. The van der Waals surface area contributed by atoms with Crippen molar-refractivity contribution in [3.05, 3.63) is 24.4 Å². The van der Waals surface area contributed by atoms with Gasteiger partial charge in [0.05, 0.1) is 13.0 Å². The number of hydrogen-bond acceptors (Lipinski definition) is 4. The Bertz CT molecular complexity index is 359. The molecule has 0 spiro atoms. The van der Waals surface area contributed by atoms with Crippen LogP contribution in [0.5, 0.6) is 0 Å². The van der Waals surface area contributed by atoms with E-state index in [1.54, 1.807) is 6.20 Å². The van der Waals surface area contributed by atoms with Crippen LogP contribution in [-0.2, 0) is 9.53 Å². The molecule has 1 N–H and O–H groups in total. The van der Waals surface area contributed by atoms with Gasteiger partial charge in [-0.15, -0.1) is 0 Å². The number of ether oxygens (including phenoxy) is 1. The van der Waals surface area contributed by atoms with Crippen LogP contribution in [0.2, 0.25) is 0 Å². The Morgan fingerprint density at radius 1 is 1.35 bits per heavy atom. The van der Waals surface area contributed by atoms with E-state index in [0.29, 0.717) is 6.04 Å². The zero-order chi connectivity index (χ0) is 12.1. The van der Waals surface area contributed by atoms with E-state index in [9.17, 15) is 4.79 Å². The summed E-state index contributed by atoms with van der Waals surface area (Å²) in [6.07, 6.45) is 5.57. The van der Waals surface area contributed by atoms with Crippen LogP contribution in [0.25, 0.3) is 0 Å². The maximum atomic E-state index is 11.4. The largest absolute Gasteiger partial charge is 0.469 e. The highest BCUT2D eigenvalue weighted by Gasteiger charge is 2.26. The summed E-state index contributed by atoms with van der Waals surface area (Å²) in [5.41, 5.74) is 0. The number of carbonyl (C=O) groups excluding carboxylic acids is 1. The lowest BCUT2D eigenvalue weighted by Crippen LogP contribution is -2.30. The highest BCUT2D eigenvalue weighted by atomic mass is 16.5. The normalized spacial score (nSPS) is 24.1. The van der Waals surface area contributed by atoms with Gasteiger partial charge in [-0.2, -0.15) is 0 Å². The van der Waals surface area contributed by atoms with Crippen LogP contribution < -0.4 is 5.32 Å². The first kappa shape index (κ1) is 11.9. The smallest absolute Gasteiger partial charge is 0.308 e. The zero-order valence-electron chi connectivity index (χ0n) is 10.1. The van der Waals surface area contributed by atoms with Crippen LogP contribution in [-0.4, -0.2) is 24.1 Å². The third kappa shape index (κ3) is 3.19. The van der Waals surface area contributed by atoms with Gasteiger partial charge in [-0.25, -0.2) is 4.98 Å². The van der Waals surface area contributed by atoms with Crippen molar-refractivity contribution in [2.75, 3.05) is 12.4 Å². The van der Waals surface area contributed by atoms with E-state index in [-0.39, 0.29) is 11.9 Å². The molecule has 1 heterocycles. The van der Waals surface area contributed by atoms with Gasteiger partial charge in [0.1, 0.15) is 5.82 Å². The maximum absolute atomic E-state index is 11.4. The monoisotopic (exact) mass is 234 g/mol. The third-order valence-electron chi connectivity index (χ3n) is 3.28. The van der Waals surface area contributed by atoms with Gasteiger partial charge in [0, 0.05) is 12.2 Å². The number of carbonyl (C=O) groups is 1. The molecule has 0 amide bonds. The summed E-state index contributed by atoms with van der Waals surface area (Å²) in [6, 6.07) is 6.26. The van der Waals surface area contributed by atoms with Gasteiger partial charge in [0.15, 0.2) is 0 Å². The minimum absolute atomic E-state index is 0.0683. The van der Waals surface area contributed by atoms with Crippen molar-refractivity contribution in [1.29, 1.82) is 0 Å². The molecule has 1 aromatic heterocycles. The van der Waals surface area contributed by atoms with Crippen molar-refractivity contribution in [3.8, 4) is 0 Å². The fourth-order valence-corrected chi connectivity index (χ4v) is 2.30. The number of nitrogens with one attached hydrogen (secondary N) is 1. The molecule has 0 radical (unpaired) electrons. The van der Waals surface area contributed by atoms with Gasteiger partial charge in [-0.1, -0.05) is 6.07 Å². The number of esters is 1. The van der Waals surface area contributed by atoms with E-state index < -0.39 is 0 Å². The molecule has 0 bridgehead atoms. The predicted octanol–water partition coefficient (Wildman–Crippen LogP) is 2.23. The Hall–Kier alpha value is -1.58. The molecule has 1 aliphatic carbocycles. The molecule has 1 saturated carbocycles. The Kier molecular flexibility index (Phi) is 3.96. The molecule has 0 atom stereocenters. The molecule has 2 rings (SSSR count). The average molecular weight is 234 g/mol. The standard InChI is InChI=1S/C13H18N2O2/c1-17-13(16)10-5-7-11(8-6-10)15-12-4-2-3-9-14-12/h2-4,9-11H,5-8H2,1H3,(H,14,15). The summed E-state index contributed by atoms with van der Waals surface area (Å²) in [5.74, 6) is 0.928. The maximum Gasteiger partial charge on any atom is 0.308 e. The van der Waals surface area contributed by atoms with Crippen LogP contribution in [0.15, 0.2) is 24.4 Å². The first-order valence-corrected chi connectivity index (χ1v) is 6.05. The van der Waals surface area contributed by atoms with Crippen molar-refractivity contribution in [2.24, 2.45) is 5.92 Å². The van der Waals surface area contributed by atoms with Crippen LogP contribution in [0.1, 0.15) is 25.7 Å². The molecular formula is C13H18N2O2. The highest BCUT2D eigenvalue weighted by Crippen LogP contribution is 2.26. The lowest BCUT2D eigenvalue weighted by atomic mass is 9.86. The summed E-state index contributed by atoms with van der Waals surface area (Å²) in [5, 5.41) is 3.40. The number of hydrogen-bond donors (Lipinski definition) is 1. The molecular weight excluding hydrogens is 216 g/mol. The van der Waals surface area contributed by atoms with E-state index in [2.05, 4.69) is 10.3 Å². The number of anilines is 1. The summed E-state index contributed by atoms with van der Waals surface area (Å²) >= 11 is 0. The molecule has 4 nitrogen and oxygen atoms in total. The molecule has 0 unspecified atom stereocenters. The summed E-state index contributed by atoms with van der Waals surface area (Å²) in [6.45, 7) is 0. The second-order valence-corrected chi connectivity index (χ2v) is 4.43. The second kappa shape index (κ2) is 5.66. The lowest BCUT2D eigenvalue weighted by Gasteiger charge is -2.27. The third-order valence-corrected chi connectivity index (χ3v) is 3.28. The molecule has 1 aliphatic rings. The Labute approximate surface area is 101 Å². The molecule has 0 saturated heterocycles. The van der Waals surface area contributed by atoms with E-state index in [0.717, 1.165) is 31.5 Å². The zero-order valence-corrected chi connectivity index (χ0v) is 10.1. The molecule has 0 aromatic carbocycles. The van der Waals surface area contributed by atoms with Crippen molar-refractivity contribution in [1.82, 2.24) is 4.98 Å². The van der Waals surface area contributed by atoms with Crippen LogP contribution in [0.3, 0.4) is 0 Å². The number of methoxy groups -OCH3 is 1. The lowest BCUT2D eigenvalue weighted by molar-refractivity contribution is -0.146. The molecule has 92 valence electrons. The quantitative estimate of drug-likeness (QED) is 0.815.